The first kappa shape index (κ1) is 18.9. The minimum absolute atomic E-state index is 0.321. The molecule has 0 spiro atoms. The zero-order chi connectivity index (χ0) is 19.7. The lowest BCUT2D eigenvalue weighted by atomic mass is 10.1. The number of hydrazone groups is 1. The van der Waals surface area contributed by atoms with Crippen molar-refractivity contribution in [3.8, 4) is 0 Å². The van der Waals surface area contributed by atoms with Gasteiger partial charge in [-0.1, -0.05) is 23.7 Å². The fourth-order valence-corrected chi connectivity index (χ4v) is 2.92. The topological polar surface area (TPSA) is 86.2 Å². The van der Waals surface area contributed by atoms with Gasteiger partial charge in [0.15, 0.2) is 11.2 Å². The number of aromatic nitrogens is 4. The number of anilines is 1. The van der Waals surface area contributed by atoms with Crippen molar-refractivity contribution in [1.29, 1.82) is 0 Å². The highest BCUT2D eigenvalue weighted by Gasteiger charge is 2.16. The Morgan fingerprint density at radius 2 is 1.78 bits per heavy atom. The normalized spacial score (nSPS) is 12.0. The van der Waals surface area contributed by atoms with Crippen LogP contribution in [0.2, 0.25) is 5.02 Å². The minimum atomic E-state index is -0.417. The highest BCUT2D eigenvalue weighted by molar-refractivity contribution is 6.30. The van der Waals surface area contributed by atoms with Gasteiger partial charge < -0.3 is 4.57 Å². The Morgan fingerprint density at radius 3 is 2.44 bits per heavy atom. The van der Waals surface area contributed by atoms with Crippen molar-refractivity contribution in [1.82, 2.24) is 18.7 Å². The highest BCUT2D eigenvalue weighted by Crippen LogP contribution is 2.14. The average molecular weight is 389 g/mol. The zero-order valence-corrected chi connectivity index (χ0v) is 16.4. The Kier molecular flexibility index (Phi) is 5.18. The molecule has 2 heterocycles. The van der Waals surface area contributed by atoms with E-state index in [1.807, 2.05) is 31.2 Å². The van der Waals surface area contributed by atoms with Crippen molar-refractivity contribution in [2.24, 2.45) is 26.2 Å². The van der Waals surface area contributed by atoms with Crippen LogP contribution >= 0.6 is 11.6 Å². The third-order valence-electron chi connectivity index (χ3n) is 4.51. The van der Waals surface area contributed by atoms with Crippen LogP contribution in [-0.4, -0.2) is 24.4 Å². The third-order valence-corrected chi connectivity index (χ3v) is 4.76. The van der Waals surface area contributed by atoms with E-state index in [0.29, 0.717) is 22.1 Å². The van der Waals surface area contributed by atoms with Crippen LogP contribution in [0.5, 0.6) is 0 Å². The van der Waals surface area contributed by atoms with E-state index < -0.39 is 5.69 Å². The van der Waals surface area contributed by atoms with Gasteiger partial charge in [0.2, 0.25) is 5.95 Å². The number of fused-ring (bicyclic) bond motifs is 1. The maximum atomic E-state index is 12.4. The van der Waals surface area contributed by atoms with Crippen molar-refractivity contribution >= 4 is 34.4 Å². The van der Waals surface area contributed by atoms with Gasteiger partial charge >= 0.3 is 5.69 Å². The second kappa shape index (κ2) is 7.40. The fourth-order valence-electron chi connectivity index (χ4n) is 2.80. The van der Waals surface area contributed by atoms with Crippen molar-refractivity contribution in [3.05, 3.63) is 55.7 Å². The molecule has 8 nitrogen and oxygen atoms in total. The number of hydrogen-bond donors (Lipinski definition) is 1. The number of nitrogens with one attached hydrogen (secondary N) is 1. The molecule has 3 rings (SSSR count). The summed E-state index contributed by atoms with van der Waals surface area (Å²) in [4.78, 5) is 28.8. The van der Waals surface area contributed by atoms with Crippen LogP contribution in [-0.2, 0) is 27.6 Å². The van der Waals surface area contributed by atoms with E-state index in [1.165, 1.54) is 17.2 Å². The molecule has 9 heteroatoms. The predicted molar refractivity (Wildman–Crippen MR) is 108 cm³/mol. The van der Waals surface area contributed by atoms with Gasteiger partial charge in [-0.25, -0.2) is 10.2 Å². The fraction of sp³-hybridized carbons (Fsp3) is 0.333. The van der Waals surface area contributed by atoms with E-state index in [0.717, 1.165) is 23.1 Å². The summed E-state index contributed by atoms with van der Waals surface area (Å²) in [6.45, 7) is 1.92. The molecule has 3 aromatic rings. The quantitative estimate of drug-likeness (QED) is 0.535. The van der Waals surface area contributed by atoms with E-state index in [-0.39, 0.29) is 5.56 Å². The lowest BCUT2D eigenvalue weighted by Gasteiger charge is -2.04. The molecule has 1 N–H and O–H groups in total. The maximum Gasteiger partial charge on any atom is 0.332 e. The van der Waals surface area contributed by atoms with Crippen molar-refractivity contribution < 1.29 is 0 Å². The lowest BCUT2D eigenvalue weighted by molar-refractivity contribution is 0.705. The Morgan fingerprint density at radius 1 is 1.11 bits per heavy atom. The number of hydrogen-bond acceptors (Lipinski definition) is 5. The van der Waals surface area contributed by atoms with Gasteiger partial charge in [-0.15, -0.1) is 0 Å². The Labute approximate surface area is 160 Å². The van der Waals surface area contributed by atoms with Crippen LogP contribution in [0, 0.1) is 0 Å². The summed E-state index contributed by atoms with van der Waals surface area (Å²) in [6, 6.07) is 7.72. The van der Waals surface area contributed by atoms with Crippen LogP contribution in [0.15, 0.2) is 39.0 Å². The molecule has 2 aromatic heterocycles. The molecule has 0 atom stereocenters. The van der Waals surface area contributed by atoms with E-state index in [9.17, 15) is 9.59 Å². The summed E-state index contributed by atoms with van der Waals surface area (Å²) >= 11 is 5.89. The molecule has 0 aliphatic heterocycles. The molecule has 142 valence electrons. The second-order valence-electron chi connectivity index (χ2n) is 6.46. The van der Waals surface area contributed by atoms with Gasteiger partial charge in [-0.05, 0) is 37.5 Å². The highest BCUT2D eigenvalue weighted by atomic mass is 35.5. The lowest BCUT2D eigenvalue weighted by Crippen LogP contribution is -2.37. The first-order valence-electron chi connectivity index (χ1n) is 8.45. The summed E-state index contributed by atoms with van der Waals surface area (Å²) in [7, 11) is 4.74. The molecule has 0 aliphatic carbocycles. The summed E-state index contributed by atoms with van der Waals surface area (Å²) in [5.74, 6) is 0.397. The minimum Gasteiger partial charge on any atom is -0.306 e. The number of aryl methyl sites for hydroxylation is 3. The molecule has 0 saturated heterocycles. The summed E-state index contributed by atoms with van der Waals surface area (Å²) in [5, 5.41) is 5.06. The summed E-state index contributed by atoms with van der Waals surface area (Å²) < 4.78 is 4.01. The van der Waals surface area contributed by atoms with Gasteiger partial charge in [0.05, 0.1) is 0 Å². The molecule has 0 unspecified atom stereocenters. The van der Waals surface area contributed by atoms with Gasteiger partial charge in [0, 0.05) is 31.9 Å². The number of imidazole rings is 1. The SMILES string of the molecule is CC(CCc1ccc(Cl)cc1)=NNc1nc2c(c(=O)n(C)c(=O)n2C)n1C. The Bertz CT molecular complexity index is 1140. The van der Waals surface area contributed by atoms with E-state index in [4.69, 9.17) is 11.6 Å². The maximum absolute atomic E-state index is 12.4. The molecule has 0 saturated carbocycles. The van der Waals surface area contributed by atoms with Gasteiger partial charge in [-0.2, -0.15) is 10.1 Å². The van der Waals surface area contributed by atoms with Crippen LogP contribution < -0.4 is 16.7 Å². The average Bonchev–Trinajstić information content (AvgIpc) is 2.99. The smallest absolute Gasteiger partial charge is 0.306 e. The van der Waals surface area contributed by atoms with E-state index in [1.54, 1.807) is 18.7 Å². The molecule has 0 fully saturated rings. The van der Waals surface area contributed by atoms with E-state index >= 15 is 0 Å². The predicted octanol–water partition coefficient (Wildman–Crippen LogP) is 2.04. The molecule has 0 bridgehead atoms. The van der Waals surface area contributed by atoms with Gasteiger partial charge in [-0.3, -0.25) is 13.9 Å². The van der Waals surface area contributed by atoms with Crippen LogP contribution in [0.4, 0.5) is 5.95 Å². The number of rotatable bonds is 5. The molecule has 27 heavy (non-hydrogen) atoms. The molecule has 0 aliphatic rings. The monoisotopic (exact) mass is 388 g/mol. The Balaban J connectivity index is 1.81. The van der Waals surface area contributed by atoms with Crippen molar-refractivity contribution in [2.45, 2.75) is 19.8 Å². The molecular formula is C18H21ClN6O2. The van der Waals surface area contributed by atoms with Crippen LogP contribution in [0.25, 0.3) is 11.2 Å². The molecule has 0 amide bonds. The summed E-state index contributed by atoms with van der Waals surface area (Å²) in [6.07, 6.45) is 1.60. The second-order valence-corrected chi connectivity index (χ2v) is 6.89. The number of benzene rings is 1. The van der Waals surface area contributed by atoms with Crippen LogP contribution in [0.3, 0.4) is 0 Å². The first-order chi connectivity index (χ1) is 12.8. The largest absolute Gasteiger partial charge is 0.332 e. The number of nitrogens with zero attached hydrogens (tertiary/aromatic N) is 5. The molecular weight excluding hydrogens is 368 g/mol. The van der Waals surface area contributed by atoms with Crippen molar-refractivity contribution in [3.63, 3.8) is 0 Å². The van der Waals surface area contributed by atoms with Gasteiger partial charge in [0.25, 0.3) is 5.56 Å². The molecule has 0 radical (unpaired) electrons. The standard InChI is InChI=1S/C18H21ClN6O2/c1-11(5-6-12-7-9-13(19)10-8-12)21-22-17-20-15-14(23(17)2)16(26)25(4)18(27)24(15)3/h7-10H,5-6H2,1-4H3,(H,20,22). The van der Waals surface area contributed by atoms with Crippen molar-refractivity contribution in [2.75, 3.05) is 5.43 Å². The third kappa shape index (κ3) is 3.66. The number of halogens is 1. The Hall–Kier alpha value is -2.87. The van der Waals surface area contributed by atoms with Gasteiger partial charge in [0.1, 0.15) is 0 Å². The van der Waals surface area contributed by atoms with E-state index in [2.05, 4.69) is 15.5 Å². The van der Waals surface area contributed by atoms with Crippen LogP contribution in [0.1, 0.15) is 18.9 Å². The zero-order valence-electron chi connectivity index (χ0n) is 15.7. The molecule has 1 aromatic carbocycles. The summed E-state index contributed by atoms with van der Waals surface area (Å²) in [5.41, 5.74) is 4.82. The first-order valence-corrected chi connectivity index (χ1v) is 8.83.